The summed E-state index contributed by atoms with van der Waals surface area (Å²) in [6.45, 7) is 0. The van der Waals surface area contributed by atoms with Crippen molar-refractivity contribution in [2.24, 2.45) is 0 Å². The summed E-state index contributed by atoms with van der Waals surface area (Å²) in [4.78, 5) is 3.19. The molecule has 0 saturated carbocycles. The maximum Gasteiger partial charge on any atom is 0.311 e. The van der Waals surface area contributed by atoms with Crippen LogP contribution >= 0.6 is 11.3 Å². The van der Waals surface area contributed by atoms with E-state index in [9.17, 15) is 8.42 Å². The highest BCUT2D eigenvalue weighted by atomic mass is 32.2. The predicted octanol–water partition coefficient (Wildman–Crippen LogP) is 1.70. The van der Waals surface area contributed by atoms with Gasteiger partial charge in [-0.25, -0.2) is 0 Å². The van der Waals surface area contributed by atoms with E-state index in [1.165, 1.54) is 4.88 Å². The van der Waals surface area contributed by atoms with Gasteiger partial charge in [0, 0.05) is 10.4 Å². The molecule has 0 unspecified atom stereocenters. The van der Waals surface area contributed by atoms with Crippen LogP contribution in [-0.2, 0) is 20.7 Å². The molecule has 0 spiro atoms. The molecule has 0 N–H and O–H groups in total. The highest BCUT2D eigenvalue weighted by molar-refractivity contribution is 7.87. The van der Waals surface area contributed by atoms with Gasteiger partial charge in [-0.05, 0) is 44.0 Å². The maximum atomic E-state index is 11.9. The van der Waals surface area contributed by atoms with Gasteiger partial charge in [-0.1, -0.05) is 0 Å². The summed E-state index contributed by atoms with van der Waals surface area (Å²) in [5.41, 5.74) is 2.09. The van der Waals surface area contributed by atoms with Crippen LogP contribution in [0.3, 0.4) is 0 Å². The highest BCUT2D eigenvalue weighted by Crippen LogP contribution is 2.41. The minimum absolute atomic E-state index is 0.0539. The molecular formula is C12H15NO3S2. The van der Waals surface area contributed by atoms with Crippen molar-refractivity contribution in [3.05, 3.63) is 27.5 Å². The number of hydrogen-bond acceptors (Lipinski definition) is 5. The molecule has 0 bridgehead atoms. The Morgan fingerprint density at radius 3 is 2.89 bits per heavy atom. The minimum Gasteiger partial charge on any atom is -0.382 e. The topological polar surface area (TPSA) is 46.6 Å². The maximum absolute atomic E-state index is 11.9. The molecule has 1 aliphatic heterocycles. The van der Waals surface area contributed by atoms with Gasteiger partial charge in [0.15, 0.2) is 5.76 Å². The summed E-state index contributed by atoms with van der Waals surface area (Å²) in [7, 11) is 0.369. The van der Waals surface area contributed by atoms with Gasteiger partial charge in [0.2, 0.25) is 0 Å². The molecule has 2 aliphatic rings. The first-order valence-corrected chi connectivity index (χ1v) is 8.32. The molecule has 1 aliphatic carbocycles. The van der Waals surface area contributed by atoms with E-state index in [1.807, 2.05) is 30.4 Å². The molecule has 1 atom stereocenters. The van der Waals surface area contributed by atoms with Crippen LogP contribution in [0.4, 0.5) is 0 Å². The Bertz CT molecular complexity index is 613. The first-order valence-electron chi connectivity index (χ1n) is 5.86. The Kier molecular flexibility index (Phi) is 2.76. The fourth-order valence-corrected chi connectivity index (χ4v) is 4.88. The predicted molar refractivity (Wildman–Crippen MR) is 71.9 cm³/mol. The number of likely N-dealkylation sites (N-methyl/N-ethyl adjacent to an activating group) is 1. The van der Waals surface area contributed by atoms with Gasteiger partial charge in [-0.3, -0.25) is 0 Å². The average Bonchev–Trinajstić information content (AvgIpc) is 2.75. The molecule has 0 amide bonds. The summed E-state index contributed by atoms with van der Waals surface area (Å²) in [5, 5.41) is 2.00. The lowest BCUT2D eigenvalue weighted by Crippen LogP contribution is -2.41. The fourth-order valence-electron chi connectivity index (χ4n) is 2.60. The number of rotatable bonds is 1. The van der Waals surface area contributed by atoms with Gasteiger partial charge in [0.1, 0.15) is 5.75 Å². The molecule has 3 rings (SSSR count). The van der Waals surface area contributed by atoms with E-state index in [0.717, 1.165) is 24.0 Å². The van der Waals surface area contributed by atoms with E-state index in [0.29, 0.717) is 5.76 Å². The van der Waals surface area contributed by atoms with Crippen LogP contribution in [0.5, 0.6) is 0 Å². The Morgan fingerprint density at radius 1 is 1.39 bits per heavy atom. The van der Waals surface area contributed by atoms with Crippen molar-refractivity contribution in [1.29, 1.82) is 0 Å². The number of fused-ring (bicyclic) bond motifs is 2. The summed E-state index contributed by atoms with van der Waals surface area (Å²) >= 11 is 1.67. The van der Waals surface area contributed by atoms with Gasteiger partial charge in [0.25, 0.3) is 0 Å². The van der Waals surface area contributed by atoms with Crippen molar-refractivity contribution < 1.29 is 12.6 Å². The highest BCUT2D eigenvalue weighted by Gasteiger charge is 2.37. The van der Waals surface area contributed by atoms with E-state index >= 15 is 0 Å². The van der Waals surface area contributed by atoms with Crippen molar-refractivity contribution in [2.75, 3.05) is 19.8 Å². The molecule has 1 aromatic heterocycles. The molecule has 98 valence electrons. The standard InChI is InChI=1S/C12H15NO3S2/c1-13(2)10-7-18(14,15)16-12-8(10)3-4-11-9(12)5-6-17-11/h5-6,10H,3-4,7H2,1-2H3/t10-/m1/s1. The quantitative estimate of drug-likeness (QED) is 0.737. The fraction of sp³-hybridized carbons (Fsp3) is 0.500. The zero-order chi connectivity index (χ0) is 12.9. The van der Waals surface area contributed by atoms with E-state index in [2.05, 4.69) is 0 Å². The van der Waals surface area contributed by atoms with Gasteiger partial charge in [0.05, 0.1) is 6.04 Å². The second-order valence-electron chi connectivity index (χ2n) is 4.90. The van der Waals surface area contributed by atoms with E-state index in [-0.39, 0.29) is 11.8 Å². The Morgan fingerprint density at radius 2 is 2.17 bits per heavy atom. The molecule has 0 radical (unpaired) electrons. The van der Waals surface area contributed by atoms with Crippen LogP contribution in [0.2, 0.25) is 0 Å². The van der Waals surface area contributed by atoms with E-state index < -0.39 is 10.1 Å². The molecular weight excluding hydrogens is 270 g/mol. The number of nitrogens with zero attached hydrogens (tertiary/aromatic N) is 1. The third kappa shape index (κ3) is 1.88. The molecule has 0 saturated heterocycles. The monoisotopic (exact) mass is 285 g/mol. The lowest BCUT2D eigenvalue weighted by atomic mass is 9.92. The van der Waals surface area contributed by atoms with Crippen LogP contribution in [-0.4, -0.2) is 39.2 Å². The molecule has 6 heteroatoms. The Balaban J connectivity index is 2.16. The van der Waals surface area contributed by atoms with Crippen LogP contribution in [0.25, 0.3) is 5.76 Å². The third-order valence-corrected chi connectivity index (χ3v) is 5.63. The SMILES string of the molecule is CN(C)[C@@H]1CS(=O)(=O)OC2=C1CCc1sccc12. The number of hydrogen-bond donors (Lipinski definition) is 0. The summed E-state index contributed by atoms with van der Waals surface area (Å²) in [6, 6.07) is 1.90. The Hall–Kier alpha value is -0.850. The van der Waals surface area contributed by atoms with Crippen molar-refractivity contribution in [2.45, 2.75) is 18.9 Å². The molecule has 4 nitrogen and oxygen atoms in total. The van der Waals surface area contributed by atoms with Gasteiger partial charge in [-0.15, -0.1) is 11.3 Å². The van der Waals surface area contributed by atoms with Crippen molar-refractivity contribution in [3.63, 3.8) is 0 Å². The Labute approximate surface area is 111 Å². The van der Waals surface area contributed by atoms with Crippen molar-refractivity contribution >= 4 is 27.2 Å². The summed E-state index contributed by atoms with van der Waals surface area (Å²) in [6.07, 6.45) is 1.88. The van der Waals surface area contributed by atoms with Gasteiger partial charge in [-0.2, -0.15) is 8.42 Å². The van der Waals surface area contributed by atoms with Crippen LogP contribution in [0.15, 0.2) is 17.0 Å². The van der Waals surface area contributed by atoms with E-state index in [1.54, 1.807) is 11.3 Å². The summed E-state index contributed by atoms with van der Waals surface area (Å²) in [5.74, 6) is 0.639. The zero-order valence-corrected chi connectivity index (χ0v) is 12.0. The van der Waals surface area contributed by atoms with Crippen LogP contribution in [0, 0.1) is 0 Å². The molecule has 2 heterocycles. The van der Waals surface area contributed by atoms with Gasteiger partial charge < -0.3 is 9.08 Å². The summed E-state index contributed by atoms with van der Waals surface area (Å²) < 4.78 is 29.0. The van der Waals surface area contributed by atoms with Crippen molar-refractivity contribution in [3.8, 4) is 0 Å². The largest absolute Gasteiger partial charge is 0.382 e. The molecule has 0 aromatic carbocycles. The molecule has 0 fully saturated rings. The minimum atomic E-state index is -3.46. The molecule has 18 heavy (non-hydrogen) atoms. The first-order chi connectivity index (χ1) is 8.48. The number of aryl methyl sites for hydroxylation is 1. The van der Waals surface area contributed by atoms with Crippen LogP contribution < -0.4 is 0 Å². The molecule has 1 aromatic rings. The van der Waals surface area contributed by atoms with Gasteiger partial charge >= 0.3 is 10.1 Å². The number of thiophene rings is 1. The third-order valence-electron chi connectivity index (χ3n) is 3.50. The lowest BCUT2D eigenvalue weighted by molar-refractivity contribution is 0.319. The van der Waals surface area contributed by atoms with Crippen molar-refractivity contribution in [1.82, 2.24) is 4.90 Å². The smallest absolute Gasteiger partial charge is 0.311 e. The zero-order valence-electron chi connectivity index (χ0n) is 10.3. The van der Waals surface area contributed by atoms with E-state index in [4.69, 9.17) is 4.18 Å². The normalized spacial score (nSPS) is 25.6. The second-order valence-corrected chi connectivity index (χ2v) is 7.51. The average molecular weight is 285 g/mol. The van der Waals surface area contributed by atoms with Crippen LogP contribution in [0.1, 0.15) is 16.9 Å². The lowest BCUT2D eigenvalue weighted by Gasteiger charge is -2.34. The first kappa shape index (κ1) is 12.2. The second kappa shape index (κ2) is 4.08.